The highest BCUT2D eigenvalue weighted by atomic mass is 35.5. The topological polar surface area (TPSA) is 50.7 Å². The van der Waals surface area contributed by atoms with Gasteiger partial charge in [0, 0.05) is 13.1 Å². The normalized spacial score (nSPS) is 12.0. The van der Waals surface area contributed by atoms with E-state index in [9.17, 15) is 9.50 Å². The van der Waals surface area contributed by atoms with Crippen molar-refractivity contribution in [3.8, 4) is 11.5 Å². The van der Waals surface area contributed by atoms with Crippen LogP contribution in [0.15, 0.2) is 36.4 Å². The van der Waals surface area contributed by atoms with Gasteiger partial charge in [0.1, 0.15) is 5.82 Å². The van der Waals surface area contributed by atoms with Crippen LogP contribution in [0.4, 0.5) is 4.39 Å². The van der Waals surface area contributed by atoms with Gasteiger partial charge in [0.05, 0.1) is 25.3 Å². The Labute approximate surface area is 139 Å². The molecule has 0 aromatic heterocycles. The van der Waals surface area contributed by atoms with Gasteiger partial charge in [-0.2, -0.15) is 0 Å². The van der Waals surface area contributed by atoms with Crippen LogP contribution in [0, 0.1) is 5.82 Å². The van der Waals surface area contributed by atoms with Crippen molar-refractivity contribution < 1.29 is 19.0 Å². The number of methoxy groups -OCH3 is 2. The van der Waals surface area contributed by atoms with Crippen LogP contribution in [0.2, 0.25) is 5.02 Å². The van der Waals surface area contributed by atoms with Crippen molar-refractivity contribution in [3.63, 3.8) is 0 Å². The third-order valence-electron chi connectivity index (χ3n) is 3.45. The molecule has 0 saturated carbocycles. The molecule has 1 atom stereocenters. The molecule has 2 rings (SSSR count). The van der Waals surface area contributed by atoms with E-state index in [-0.39, 0.29) is 12.4 Å². The zero-order chi connectivity index (χ0) is 16.8. The molecule has 0 saturated heterocycles. The van der Waals surface area contributed by atoms with Crippen LogP contribution >= 0.6 is 11.6 Å². The summed E-state index contributed by atoms with van der Waals surface area (Å²) in [6.07, 6.45) is -0.801. The lowest BCUT2D eigenvalue weighted by atomic mass is 10.1. The Morgan fingerprint density at radius 1 is 1.22 bits per heavy atom. The van der Waals surface area contributed by atoms with E-state index in [0.29, 0.717) is 28.6 Å². The number of rotatable bonds is 7. The molecular weight excluding hydrogens is 321 g/mol. The quantitative estimate of drug-likeness (QED) is 0.812. The Morgan fingerprint density at radius 3 is 2.65 bits per heavy atom. The van der Waals surface area contributed by atoms with Crippen LogP contribution in [0.3, 0.4) is 0 Å². The van der Waals surface area contributed by atoms with E-state index in [0.717, 1.165) is 5.56 Å². The van der Waals surface area contributed by atoms with Crippen molar-refractivity contribution in [1.82, 2.24) is 5.32 Å². The molecule has 23 heavy (non-hydrogen) atoms. The van der Waals surface area contributed by atoms with Gasteiger partial charge in [-0.1, -0.05) is 29.8 Å². The van der Waals surface area contributed by atoms with Crippen molar-refractivity contribution in [2.24, 2.45) is 0 Å². The van der Waals surface area contributed by atoms with Crippen LogP contribution in [-0.2, 0) is 6.54 Å². The van der Waals surface area contributed by atoms with E-state index in [2.05, 4.69) is 5.32 Å². The number of ether oxygens (including phenoxy) is 2. The summed E-state index contributed by atoms with van der Waals surface area (Å²) >= 11 is 6.29. The van der Waals surface area contributed by atoms with Gasteiger partial charge in [0.25, 0.3) is 0 Å². The summed E-state index contributed by atoms with van der Waals surface area (Å²) in [7, 11) is 3.07. The molecule has 0 heterocycles. The Balaban J connectivity index is 1.99. The molecule has 0 amide bonds. The lowest BCUT2D eigenvalue weighted by Gasteiger charge is -2.15. The Morgan fingerprint density at radius 2 is 2.00 bits per heavy atom. The van der Waals surface area contributed by atoms with Gasteiger partial charge < -0.3 is 19.9 Å². The number of hydrogen-bond donors (Lipinski definition) is 2. The van der Waals surface area contributed by atoms with Crippen molar-refractivity contribution in [2.45, 2.75) is 12.6 Å². The summed E-state index contributed by atoms with van der Waals surface area (Å²) in [6.45, 7) is 0.708. The second-order valence-electron chi connectivity index (χ2n) is 4.98. The summed E-state index contributed by atoms with van der Waals surface area (Å²) < 4.78 is 23.6. The zero-order valence-corrected chi connectivity index (χ0v) is 13.7. The van der Waals surface area contributed by atoms with Crippen LogP contribution in [0.1, 0.15) is 17.2 Å². The molecule has 0 unspecified atom stereocenters. The second-order valence-corrected chi connectivity index (χ2v) is 5.35. The van der Waals surface area contributed by atoms with Gasteiger partial charge in [-0.3, -0.25) is 0 Å². The second kappa shape index (κ2) is 8.15. The molecule has 2 N–H and O–H groups in total. The van der Waals surface area contributed by atoms with E-state index in [4.69, 9.17) is 21.1 Å². The molecule has 2 aromatic carbocycles. The lowest BCUT2D eigenvalue weighted by molar-refractivity contribution is 0.174. The first-order chi connectivity index (χ1) is 11.1. The van der Waals surface area contributed by atoms with Gasteiger partial charge in [0.15, 0.2) is 11.5 Å². The molecule has 0 spiro atoms. The van der Waals surface area contributed by atoms with Crippen LogP contribution in [0.25, 0.3) is 0 Å². The first kappa shape index (κ1) is 17.5. The maximum absolute atomic E-state index is 13.1. The number of hydrogen-bond acceptors (Lipinski definition) is 4. The maximum Gasteiger partial charge on any atom is 0.179 e. The molecule has 4 nitrogen and oxygen atoms in total. The molecule has 2 aromatic rings. The highest BCUT2D eigenvalue weighted by molar-refractivity contribution is 6.33. The maximum atomic E-state index is 13.1. The summed E-state index contributed by atoms with van der Waals surface area (Å²) in [5, 5.41) is 13.6. The highest BCUT2D eigenvalue weighted by Gasteiger charge is 2.13. The fourth-order valence-corrected chi connectivity index (χ4v) is 2.54. The van der Waals surface area contributed by atoms with E-state index in [1.54, 1.807) is 25.3 Å². The van der Waals surface area contributed by atoms with Gasteiger partial charge in [-0.25, -0.2) is 4.39 Å². The number of aliphatic hydroxyl groups excluding tert-OH is 1. The Bertz CT molecular complexity index is 666. The fourth-order valence-electron chi connectivity index (χ4n) is 2.24. The SMILES string of the molecule is COc1ccc(CNC[C@H](O)c2cccc(F)c2)c(Cl)c1OC. The lowest BCUT2D eigenvalue weighted by Crippen LogP contribution is -2.21. The number of aliphatic hydroxyl groups is 1. The molecule has 124 valence electrons. The number of nitrogens with one attached hydrogen (secondary N) is 1. The highest BCUT2D eigenvalue weighted by Crippen LogP contribution is 2.37. The Kier molecular flexibility index (Phi) is 6.21. The zero-order valence-electron chi connectivity index (χ0n) is 13.0. The average molecular weight is 340 g/mol. The predicted octanol–water partition coefficient (Wildman–Crippen LogP) is 3.32. The van der Waals surface area contributed by atoms with E-state index < -0.39 is 6.10 Å². The average Bonchev–Trinajstić information content (AvgIpc) is 2.55. The van der Waals surface area contributed by atoms with Gasteiger partial charge >= 0.3 is 0 Å². The molecule has 0 aliphatic carbocycles. The van der Waals surface area contributed by atoms with Gasteiger partial charge in [0.2, 0.25) is 0 Å². The first-order valence-electron chi connectivity index (χ1n) is 7.10. The van der Waals surface area contributed by atoms with Crippen molar-refractivity contribution in [2.75, 3.05) is 20.8 Å². The largest absolute Gasteiger partial charge is 0.493 e. The molecule has 0 bridgehead atoms. The van der Waals surface area contributed by atoms with Crippen LogP contribution in [-0.4, -0.2) is 25.9 Å². The smallest absolute Gasteiger partial charge is 0.179 e. The first-order valence-corrected chi connectivity index (χ1v) is 7.48. The molecule has 0 radical (unpaired) electrons. The summed E-state index contributed by atoms with van der Waals surface area (Å²) in [5.41, 5.74) is 1.34. The third-order valence-corrected chi connectivity index (χ3v) is 3.87. The van der Waals surface area contributed by atoms with Crippen LogP contribution < -0.4 is 14.8 Å². The molecule has 6 heteroatoms. The van der Waals surface area contributed by atoms with E-state index in [1.165, 1.54) is 19.2 Å². The Hall–Kier alpha value is -1.82. The van der Waals surface area contributed by atoms with Crippen molar-refractivity contribution in [3.05, 3.63) is 58.4 Å². The van der Waals surface area contributed by atoms with Gasteiger partial charge in [-0.15, -0.1) is 0 Å². The molecule has 0 aliphatic rings. The monoisotopic (exact) mass is 339 g/mol. The number of benzene rings is 2. The standard InChI is InChI=1S/C17H19ClFNO3/c1-22-15-7-6-12(16(18)17(15)23-2)9-20-10-14(21)11-4-3-5-13(19)8-11/h3-8,14,20-21H,9-10H2,1-2H3/t14-/m0/s1. The summed E-state index contributed by atoms with van der Waals surface area (Å²) in [5.74, 6) is 0.657. The third kappa shape index (κ3) is 4.34. The number of halogens is 2. The summed E-state index contributed by atoms with van der Waals surface area (Å²) in [4.78, 5) is 0. The minimum Gasteiger partial charge on any atom is -0.493 e. The van der Waals surface area contributed by atoms with E-state index in [1.807, 2.05) is 6.07 Å². The van der Waals surface area contributed by atoms with E-state index >= 15 is 0 Å². The minimum atomic E-state index is -0.801. The molecule has 0 aliphatic heterocycles. The predicted molar refractivity (Wildman–Crippen MR) is 87.6 cm³/mol. The van der Waals surface area contributed by atoms with Crippen LogP contribution in [0.5, 0.6) is 11.5 Å². The molecule has 0 fully saturated rings. The summed E-state index contributed by atoms with van der Waals surface area (Å²) in [6, 6.07) is 9.50. The molecular formula is C17H19ClFNO3. The van der Waals surface area contributed by atoms with Crippen molar-refractivity contribution >= 4 is 11.6 Å². The van der Waals surface area contributed by atoms with Crippen molar-refractivity contribution in [1.29, 1.82) is 0 Å². The van der Waals surface area contributed by atoms with Gasteiger partial charge in [-0.05, 0) is 29.3 Å². The minimum absolute atomic E-state index is 0.272. The fraction of sp³-hybridized carbons (Fsp3) is 0.294.